The summed E-state index contributed by atoms with van der Waals surface area (Å²) in [5, 5.41) is 6.33. The fourth-order valence-electron chi connectivity index (χ4n) is 1.59. The Balaban J connectivity index is 2.02. The summed E-state index contributed by atoms with van der Waals surface area (Å²) in [6.45, 7) is 0.196. The highest BCUT2D eigenvalue weighted by Gasteiger charge is 2.14. The second-order valence-electron chi connectivity index (χ2n) is 3.86. The van der Waals surface area contributed by atoms with Crippen LogP contribution in [0.4, 0.5) is 5.82 Å². The van der Waals surface area contributed by atoms with Gasteiger partial charge in [-0.25, -0.2) is 4.79 Å². The maximum Gasteiger partial charge on any atom is 0.357 e. The SMILES string of the molecule is Cn1nc(NC=O)cc1C(=O)OCc1ccccc1. The monoisotopic (exact) mass is 259 g/mol. The lowest BCUT2D eigenvalue weighted by Gasteiger charge is -2.04. The average molecular weight is 259 g/mol. The van der Waals surface area contributed by atoms with E-state index < -0.39 is 5.97 Å². The van der Waals surface area contributed by atoms with E-state index in [4.69, 9.17) is 4.74 Å². The molecule has 0 aliphatic carbocycles. The van der Waals surface area contributed by atoms with E-state index in [1.165, 1.54) is 10.7 Å². The number of hydrogen-bond donors (Lipinski definition) is 1. The lowest BCUT2D eigenvalue weighted by atomic mass is 10.2. The molecule has 1 aromatic heterocycles. The number of esters is 1. The maximum atomic E-state index is 11.9. The second-order valence-corrected chi connectivity index (χ2v) is 3.86. The Morgan fingerprint density at radius 3 is 2.84 bits per heavy atom. The third-order valence-corrected chi connectivity index (χ3v) is 2.51. The molecule has 1 amide bonds. The van der Waals surface area contributed by atoms with Gasteiger partial charge in [0.1, 0.15) is 12.3 Å². The van der Waals surface area contributed by atoms with E-state index in [9.17, 15) is 9.59 Å². The van der Waals surface area contributed by atoms with E-state index in [2.05, 4.69) is 10.4 Å². The van der Waals surface area contributed by atoms with Crippen LogP contribution >= 0.6 is 0 Å². The first-order chi connectivity index (χ1) is 9.20. The minimum atomic E-state index is -0.488. The van der Waals surface area contributed by atoms with Crippen molar-refractivity contribution < 1.29 is 14.3 Å². The standard InChI is InChI=1S/C13H13N3O3/c1-16-11(7-12(15-16)14-9-17)13(18)19-8-10-5-3-2-4-6-10/h2-7,9H,8H2,1H3,(H,14,15,17). The first-order valence-corrected chi connectivity index (χ1v) is 5.66. The van der Waals surface area contributed by atoms with Gasteiger partial charge in [0.2, 0.25) is 6.41 Å². The van der Waals surface area contributed by atoms with Crippen molar-refractivity contribution in [1.82, 2.24) is 9.78 Å². The summed E-state index contributed by atoms with van der Waals surface area (Å²) in [7, 11) is 1.61. The molecule has 6 heteroatoms. The molecular formula is C13H13N3O3. The molecule has 0 saturated carbocycles. The van der Waals surface area contributed by atoms with Crippen LogP contribution < -0.4 is 5.32 Å². The van der Waals surface area contributed by atoms with Crippen LogP contribution in [0.5, 0.6) is 0 Å². The molecule has 0 saturated heterocycles. The van der Waals surface area contributed by atoms with Crippen molar-refractivity contribution in [2.75, 3.05) is 5.32 Å². The lowest BCUT2D eigenvalue weighted by Crippen LogP contribution is -2.10. The summed E-state index contributed by atoms with van der Waals surface area (Å²) in [5.41, 5.74) is 1.18. The molecule has 0 aliphatic heterocycles. The van der Waals surface area contributed by atoms with Crippen LogP contribution in [-0.2, 0) is 23.2 Å². The molecular weight excluding hydrogens is 246 g/mol. The zero-order valence-electron chi connectivity index (χ0n) is 10.4. The van der Waals surface area contributed by atoms with E-state index in [0.29, 0.717) is 12.2 Å². The highest BCUT2D eigenvalue weighted by molar-refractivity contribution is 5.89. The van der Waals surface area contributed by atoms with Gasteiger partial charge in [0.15, 0.2) is 5.82 Å². The first kappa shape index (κ1) is 12.8. The van der Waals surface area contributed by atoms with Gasteiger partial charge in [0.25, 0.3) is 0 Å². The summed E-state index contributed by atoms with van der Waals surface area (Å²) >= 11 is 0. The van der Waals surface area contributed by atoms with E-state index >= 15 is 0 Å². The summed E-state index contributed by atoms with van der Waals surface area (Å²) < 4.78 is 6.53. The Labute approximate surface area is 110 Å². The number of carbonyl (C=O) groups is 2. The van der Waals surface area contributed by atoms with Crippen molar-refractivity contribution in [2.45, 2.75) is 6.61 Å². The number of hydrogen-bond acceptors (Lipinski definition) is 4. The molecule has 6 nitrogen and oxygen atoms in total. The molecule has 1 aromatic carbocycles. The van der Waals surface area contributed by atoms with Gasteiger partial charge in [-0.2, -0.15) is 5.10 Å². The summed E-state index contributed by atoms with van der Waals surface area (Å²) in [5.74, 6) is -0.179. The zero-order chi connectivity index (χ0) is 13.7. The highest BCUT2D eigenvalue weighted by Crippen LogP contribution is 2.10. The van der Waals surface area contributed by atoms with Crippen LogP contribution in [0.25, 0.3) is 0 Å². The summed E-state index contributed by atoms with van der Waals surface area (Å²) in [4.78, 5) is 22.2. The molecule has 98 valence electrons. The summed E-state index contributed by atoms with van der Waals surface area (Å²) in [6, 6.07) is 10.8. The van der Waals surface area contributed by atoms with Crippen LogP contribution in [0.3, 0.4) is 0 Å². The van der Waals surface area contributed by atoms with E-state index in [-0.39, 0.29) is 12.3 Å². The van der Waals surface area contributed by atoms with E-state index in [1.807, 2.05) is 30.3 Å². The van der Waals surface area contributed by atoms with Gasteiger partial charge < -0.3 is 10.1 Å². The minimum absolute atomic E-state index is 0.196. The molecule has 0 atom stereocenters. The number of rotatable bonds is 5. The van der Waals surface area contributed by atoms with Gasteiger partial charge >= 0.3 is 5.97 Å². The molecule has 0 spiro atoms. The molecule has 1 heterocycles. The van der Waals surface area contributed by atoms with Crippen molar-refractivity contribution in [2.24, 2.45) is 7.05 Å². The predicted octanol–water partition coefficient (Wildman–Crippen LogP) is 1.35. The highest BCUT2D eigenvalue weighted by atomic mass is 16.5. The molecule has 0 unspecified atom stereocenters. The number of nitrogens with zero attached hydrogens (tertiary/aromatic N) is 2. The molecule has 2 aromatic rings. The topological polar surface area (TPSA) is 73.2 Å². The lowest BCUT2D eigenvalue weighted by molar-refractivity contribution is -0.105. The number of anilines is 1. The zero-order valence-corrected chi connectivity index (χ0v) is 10.4. The van der Waals surface area contributed by atoms with Gasteiger partial charge in [-0.15, -0.1) is 0 Å². The molecule has 19 heavy (non-hydrogen) atoms. The Bertz CT molecular complexity index is 578. The van der Waals surface area contributed by atoms with Gasteiger partial charge in [-0.05, 0) is 5.56 Å². The fraction of sp³-hybridized carbons (Fsp3) is 0.154. The maximum absolute atomic E-state index is 11.9. The van der Waals surface area contributed by atoms with Crippen LogP contribution in [0, 0.1) is 0 Å². The molecule has 0 bridgehead atoms. The minimum Gasteiger partial charge on any atom is -0.456 e. The van der Waals surface area contributed by atoms with Gasteiger partial charge in [0, 0.05) is 13.1 Å². The number of benzene rings is 1. The number of ether oxygens (including phenoxy) is 1. The van der Waals surface area contributed by atoms with Crippen molar-refractivity contribution in [3.8, 4) is 0 Å². The first-order valence-electron chi connectivity index (χ1n) is 5.66. The molecule has 1 N–H and O–H groups in total. The molecule has 0 radical (unpaired) electrons. The predicted molar refractivity (Wildman–Crippen MR) is 68.5 cm³/mol. The van der Waals surface area contributed by atoms with Crippen LogP contribution in [0.1, 0.15) is 16.1 Å². The molecule has 0 aliphatic rings. The van der Waals surface area contributed by atoms with Crippen LogP contribution in [-0.4, -0.2) is 22.2 Å². The fourth-order valence-corrected chi connectivity index (χ4v) is 1.59. The number of carbonyl (C=O) groups excluding carboxylic acids is 2. The number of aromatic nitrogens is 2. The van der Waals surface area contributed by atoms with Crippen molar-refractivity contribution >= 4 is 18.2 Å². The Morgan fingerprint density at radius 2 is 2.16 bits per heavy atom. The van der Waals surface area contributed by atoms with Crippen LogP contribution in [0.2, 0.25) is 0 Å². The van der Waals surface area contributed by atoms with Crippen molar-refractivity contribution in [1.29, 1.82) is 0 Å². The smallest absolute Gasteiger partial charge is 0.357 e. The van der Waals surface area contributed by atoms with Crippen molar-refractivity contribution in [3.05, 3.63) is 47.7 Å². The average Bonchev–Trinajstić information content (AvgIpc) is 2.79. The number of nitrogens with one attached hydrogen (secondary N) is 1. The Kier molecular flexibility index (Phi) is 3.92. The van der Waals surface area contributed by atoms with E-state index in [0.717, 1.165) is 5.56 Å². The largest absolute Gasteiger partial charge is 0.456 e. The van der Waals surface area contributed by atoms with E-state index in [1.54, 1.807) is 7.05 Å². The number of amides is 1. The third-order valence-electron chi connectivity index (χ3n) is 2.51. The quantitative estimate of drug-likeness (QED) is 0.649. The van der Waals surface area contributed by atoms with Gasteiger partial charge in [-0.3, -0.25) is 9.48 Å². The summed E-state index contributed by atoms with van der Waals surface area (Å²) in [6.07, 6.45) is 0.501. The van der Waals surface area contributed by atoms with Gasteiger partial charge in [-0.1, -0.05) is 30.3 Å². The molecule has 2 rings (SSSR count). The van der Waals surface area contributed by atoms with Crippen molar-refractivity contribution in [3.63, 3.8) is 0 Å². The number of aryl methyl sites for hydroxylation is 1. The Hall–Kier alpha value is -2.63. The van der Waals surface area contributed by atoms with Crippen LogP contribution in [0.15, 0.2) is 36.4 Å². The Morgan fingerprint density at radius 1 is 1.42 bits per heavy atom. The molecule has 0 fully saturated rings. The van der Waals surface area contributed by atoms with Gasteiger partial charge in [0.05, 0.1) is 0 Å². The normalized spacial score (nSPS) is 9.95. The second kappa shape index (κ2) is 5.81. The third kappa shape index (κ3) is 3.19.